The minimum atomic E-state index is 0.600. The first-order valence-corrected chi connectivity index (χ1v) is 5.09. The molecule has 0 bridgehead atoms. The highest BCUT2D eigenvalue weighted by atomic mass is 16.5. The van der Waals surface area contributed by atoms with Crippen molar-refractivity contribution >= 4 is 0 Å². The van der Waals surface area contributed by atoms with Crippen LogP contribution in [0.15, 0.2) is 18.3 Å². The fourth-order valence-corrected chi connectivity index (χ4v) is 1.06. The summed E-state index contributed by atoms with van der Waals surface area (Å²) in [6.07, 6.45) is 3.88. The van der Waals surface area contributed by atoms with E-state index in [9.17, 15) is 0 Å². The van der Waals surface area contributed by atoms with Crippen molar-refractivity contribution in [1.82, 2.24) is 4.98 Å². The van der Waals surface area contributed by atoms with Gasteiger partial charge in [0, 0.05) is 6.20 Å². The Balaban J connectivity index is 2.55. The summed E-state index contributed by atoms with van der Waals surface area (Å²) in [6.45, 7) is 5.41. The van der Waals surface area contributed by atoms with Crippen LogP contribution in [0.25, 0.3) is 0 Å². The van der Waals surface area contributed by atoms with Crippen molar-refractivity contribution in [2.24, 2.45) is 0 Å². The number of nitrogens with zero attached hydrogens (tertiary/aromatic N) is 1. The third-order valence-corrected chi connectivity index (χ3v) is 1.77. The summed E-state index contributed by atoms with van der Waals surface area (Å²) >= 11 is 0. The molecule has 1 heterocycles. The minimum Gasteiger partial charge on any atom is -0.488 e. The maximum atomic E-state index is 5.49. The summed E-state index contributed by atoms with van der Waals surface area (Å²) in [5.41, 5.74) is 0. The number of hydrogen-bond acceptors (Lipinski definition) is 3. The van der Waals surface area contributed by atoms with E-state index in [1.807, 2.05) is 19.1 Å². The molecule has 0 aliphatic rings. The van der Waals surface area contributed by atoms with E-state index >= 15 is 0 Å². The van der Waals surface area contributed by atoms with Gasteiger partial charge in [0.2, 0.25) is 0 Å². The maximum absolute atomic E-state index is 5.49. The number of pyridine rings is 1. The van der Waals surface area contributed by atoms with Crippen molar-refractivity contribution in [2.45, 2.75) is 26.7 Å². The molecule has 1 aromatic heterocycles. The molecule has 78 valence electrons. The molecule has 0 fully saturated rings. The van der Waals surface area contributed by atoms with E-state index in [1.165, 1.54) is 0 Å². The summed E-state index contributed by atoms with van der Waals surface area (Å²) in [4.78, 5) is 4.12. The second-order valence-corrected chi connectivity index (χ2v) is 2.94. The van der Waals surface area contributed by atoms with Gasteiger partial charge in [0.25, 0.3) is 5.88 Å². The second-order valence-electron chi connectivity index (χ2n) is 2.94. The summed E-state index contributed by atoms with van der Waals surface area (Å²) < 4.78 is 10.9. The predicted molar refractivity (Wildman–Crippen MR) is 55.8 cm³/mol. The molecule has 0 spiro atoms. The Morgan fingerprint density at radius 3 is 2.86 bits per heavy atom. The highest BCUT2D eigenvalue weighted by Crippen LogP contribution is 2.23. The van der Waals surface area contributed by atoms with Crippen molar-refractivity contribution < 1.29 is 9.47 Å². The normalized spacial score (nSPS) is 9.86. The number of ether oxygens (including phenoxy) is 2. The summed E-state index contributed by atoms with van der Waals surface area (Å²) in [6, 6.07) is 3.72. The van der Waals surface area contributed by atoms with E-state index < -0.39 is 0 Å². The Morgan fingerprint density at radius 1 is 1.29 bits per heavy atom. The SMILES string of the molecule is CCCCOc1ncccc1OCC. The highest BCUT2D eigenvalue weighted by Gasteiger charge is 2.03. The average Bonchev–Trinajstić information content (AvgIpc) is 2.21. The molecule has 0 amide bonds. The van der Waals surface area contributed by atoms with Crippen molar-refractivity contribution in [3.63, 3.8) is 0 Å². The number of unbranched alkanes of at least 4 members (excludes halogenated alkanes) is 1. The van der Waals surface area contributed by atoms with Crippen LogP contribution in [0.4, 0.5) is 0 Å². The molecule has 0 radical (unpaired) electrons. The zero-order valence-electron chi connectivity index (χ0n) is 8.82. The summed E-state index contributed by atoms with van der Waals surface area (Å²) in [7, 11) is 0. The molecule has 0 saturated carbocycles. The quantitative estimate of drug-likeness (QED) is 0.654. The van der Waals surface area contributed by atoms with Gasteiger partial charge in [-0.05, 0) is 25.5 Å². The fraction of sp³-hybridized carbons (Fsp3) is 0.545. The van der Waals surface area contributed by atoms with Gasteiger partial charge >= 0.3 is 0 Å². The van der Waals surface area contributed by atoms with Gasteiger partial charge in [0.05, 0.1) is 13.2 Å². The standard InChI is InChI=1S/C11H17NO2/c1-3-5-9-14-11-10(13-4-2)7-6-8-12-11/h6-8H,3-5,9H2,1-2H3. The second kappa shape index (κ2) is 6.24. The van der Waals surface area contributed by atoms with E-state index in [0.717, 1.165) is 18.6 Å². The lowest BCUT2D eigenvalue weighted by molar-refractivity contribution is 0.263. The molecule has 1 rings (SSSR count). The zero-order valence-corrected chi connectivity index (χ0v) is 8.82. The Bertz CT molecular complexity index is 263. The highest BCUT2D eigenvalue weighted by molar-refractivity contribution is 5.32. The molecule has 0 aliphatic heterocycles. The van der Waals surface area contributed by atoms with E-state index in [2.05, 4.69) is 11.9 Å². The van der Waals surface area contributed by atoms with Crippen LogP contribution >= 0.6 is 0 Å². The lowest BCUT2D eigenvalue weighted by atomic mass is 10.4. The Kier molecular flexibility index (Phi) is 4.83. The number of aromatic nitrogens is 1. The van der Waals surface area contributed by atoms with Gasteiger partial charge in [-0.1, -0.05) is 13.3 Å². The lowest BCUT2D eigenvalue weighted by Crippen LogP contribution is -2.01. The van der Waals surface area contributed by atoms with Gasteiger partial charge in [-0.15, -0.1) is 0 Å². The Morgan fingerprint density at radius 2 is 2.14 bits per heavy atom. The van der Waals surface area contributed by atoms with Gasteiger partial charge in [-0.3, -0.25) is 0 Å². The Labute approximate surface area is 85.1 Å². The van der Waals surface area contributed by atoms with Crippen LogP contribution in [0, 0.1) is 0 Å². The van der Waals surface area contributed by atoms with Gasteiger partial charge in [0.1, 0.15) is 0 Å². The van der Waals surface area contributed by atoms with Crippen LogP contribution in [0.3, 0.4) is 0 Å². The molecule has 0 unspecified atom stereocenters. The van der Waals surface area contributed by atoms with Crippen LogP contribution in [0.1, 0.15) is 26.7 Å². The summed E-state index contributed by atoms with van der Waals surface area (Å²) in [5, 5.41) is 0. The number of rotatable bonds is 6. The zero-order chi connectivity index (χ0) is 10.2. The van der Waals surface area contributed by atoms with Crippen LogP contribution in [0.2, 0.25) is 0 Å². The topological polar surface area (TPSA) is 31.4 Å². The first kappa shape index (κ1) is 10.8. The molecule has 0 N–H and O–H groups in total. The van der Waals surface area contributed by atoms with Crippen LogP contribution in [-0.2, 0) is 0 Å². The summed E-state index contributed by atoms with van der Waals surface area (Å²) in [5.74, 6) is 1.33. The van der Waals surface area contributed by atoms with Gasteiger partial charge in [-0.25, -0.2) is 4.98 Å². The molecular formula is C11H17NO2. The molecule has 0 aromatic carbocycles. The van der Waals surface area contributed by atoms with E-state index in [1.54, 1.807) is 6.20 Å². The molecule has 1 aromatic rings. The third-order valence-electron chi connectivity index (χ3n) is 1.77. The van der Waals surface area contributed by atoms with Crippen LogP contribution in [-0.4, -0.2) is 18.2 Å². The maximum Gasteiger partial charge on any atom is 0.256 e. The molecule has 0 saturated heterocycles. The molecule has 3 nitrogen and oxygen atoms in total. The van der Waals surface area contributed by atoms with Crippen molar-refractivity contribution in [2.75, 3.05) is 13.2 Å². The van der Waals surface area contributed by atoms with Crippen LogP contribution < -0.4 is 9.47 Å². The van der Waals surface area contributed by atoms with Gasteiger partial charge in [-0.2, -0.15) is 0 Å². The van der Waals surface area contributed by atoms with Crippen molar-refractivity contribution in [3.05, 3.63) is 18.3 Å². The molecule has 3 heteroatoms. The van der Waals surface area contributed by atoms with Gasteiger partial charge < -0.3 is 9.47 Å². The Hall–Kier alpha value is -1.25. The number of hydrogen-bond donors (Lipinski definition) is 0. The first-order valence-electron chi connectivity index (χ1n) is 5.09. The predicted octanol–water partition coefficient (Wildman–Crippen LogP) is 2.66. The van der Waals surface area contributed by atoms with Gasteiger partial charge in [0.15, 0.2) is 5.75 Å². The van der Waals surface area contributed by atoms with E-state index in [0.29, 0.717) is 19.1 Å². The molecular weight excluding hydrogens is 178 g/mol. The third kappa shape index (κ3) is 3.24. The van der Waals surface area contributed by atoms with Crippen molar-refractivity contribution in [3.8, 4) is 11.6 Å². The molecule has 14 heavy (non-hydrogen) atoms. The van der Waals surface area contributed by atoms with E-state index in [4.69, 9.17) is 9.47 Å². The first-order chi connectivity index (χ1) is 6.88. The smallest absolute Gasteiger partial charge is 0.256 e. The van der Waals surface area contributed by atoms with Crippen LogP contribution in [0.5, 0.6) is 11.6 Å². The average molecular weight is 195 g/mol. The fourth-order valence-electron chi connectivity index (χ4n) is 1.06. The largest absolute Gasteiger partial charge is 0.488 e. The minimum absolute atomic E-state index is 0.600. The monoisotopic (exact) mass is 195 g/mol. The molecule has 0 atom stereocenters. The van der Waals surface area contributed by atoms with Crippen molar-refractivity contribution in [1.29, 1.82) is 0 Å². The molecule has 0 aliphatic carbocycles. The lowest BCUT2D eigenvalue weighted by Gasteiger charge is -2.09. The van der Waals surface area contributed by atoms with E-state index in [-0.39, 0.29) is 0 Å².